The molecule has 3 nitrogen and oxygen atoms in total. The van der Waals surface area contributed by atoms with Gasteiger partial charge in [0.1, 0.15) is 12.1 Å². The Morgan fingerprint density at radius 3 is 3.07 bits per heavy atom. The van der Waals surface area contributed by atoms with Crippen molar-refractivity contribution in [1.29, 1.82) is 0 Å². The molecule has 1 aliphatic rings. The molecule has 3 heteroatoms. The maximum atomic E-state index is 10.5. The van der Waals surface area contributed by atoms with Crippen LogP contribution in [-0.4, -0.2) is 15.8 Å². The van der Waals surface area contributed by atoms with Crippen LogP contribution in [0.5, 0.6) is 0 Å². The molecule has 0 unspecified atom stereocenters. The van der Waals surface area contributed by atoms with Crippen molar-refractivity contribution in [2.75, 3.05) is 0 Å². The minimum Gasteiger partial charge on any atom is -0.332 e. The summed E-state index contributed by atoms with van der Waals surface area (Å²) in [4.78, 5) is 15.0. The van der Waals surface area contributed by atoms with Crippen molar-refractivity contribution in [2.24, 2.45) is 0 Å². The van der Waals surface area contributed by atoms with Crippen molar-refractivity contribution < 1.29 is 4.79 Å². The molecule has 76 valence electrons. The van der Waals surface area contributed by atoms with E-state index in [-0.39, 0.29) is 0 Å². The molecule has 14 heavy (non-hydrogen) atoms. The quantitative estimate of drug-likeness (QED) is 0.681. The number of aromatic nitrogens is 2. The van der Waals surface area contributed by atoms with E-state index in [1.54, 1.807) is 0 Å². The summed E-state index contributed by atoms with van der Waals surface area (Å²) in [6.45, 7) is 3.21. The Hall–Kier alpha value is -1.12. The van der Waals surface area contributed by atoms with E-state index in [9.17, 15) is 4.79 Å². The van der Waals surface area contributed by atoms with E-state index in [1.165, 1.54) is 18.5 Å². The molecule has 0 fully saturated rings. The molecule has 1 aromatic heterocycles. The molecule has 0 aliphatic carbocycles. The standard InChI is InChI=1S/C11H16N2O/c1-2-11-12-9(6-8-14)10-5-3-4-7-13(10)11/h8H,2-7H2,1H3. The number of imidazole rings is 1. The number of nitrogens with zero attached hydrogens (tertiary/aromatic N) is 2. The van der Waals surface area contributed by atoms with Gasteiger partial charge in [0, 0.05) is 25.1 Å². The second-order valence-corrected chi connectivity index (χ2v) is 3.75. The average molecular weight is 192 g/mol. The first-order valence-electron chi connectivity index (χ1n) is 5.37. The molecule has 1 aromatic rings. The van der Waals surface area contributed by atoms with Crippen molar-refractivity contribution in [3.8, 4) is 0 Å². The van der Waals surface area contributed by atoms with Gasteiger partial charge in [-0.3, -0.25) is 0 Å². The van der Waals surface area contributed by atoms with Crippen LogP contribution < -0.4 is 0 Å². The number of hydrogen-bond acceptors (Lipinski definition) is 2. The molecule has 2 heterocycles. The first-order chi connectivity index (χ1) is 6.86. The number of aldehydes is 1. The fraction of sp³-hybridized carbons (Fsp3) is 0.636. The zero-order valence-electron chi connectivity index (χ0n) is 8.62. The summed E-state index contributed by atoms with van der Waals surface area (Å²) in [5.41, 5.74) is 2.32. The van der Waals surface area contributed by atoms with Crippen LogP contribution in [-0.2, 0) is 30.6 Å². The average Bonchev–Trinajstić information content (AvgIpc) is 2.58. The molecule has 0 aromatic carbocycles. The maximum absolute atomic E-state index is 10.5. The lowest BCUT2D eigenvalue weighted by Gasteiger charge is -2.16. The van der Waals surface area contributed by atoms with Gasteiger partial charge in [0.25, 0.3) is 0 Å². The first-order valence-corrected chi connectivity index (χ1v) is 5.37. The number of fused-ring (bicyclic) bond motifs is 1. The van der Waals surface area contributed by atoms with Crippen LogP contribution in [0.25, 0.3) is 0 Å². The van der Waals surface area contributed by atoms with E-state index < -0.39 is 0 Å². The number of carbonyl (C=O) groups is 1. The van der Waals surface area contributed by atoms with Crippen molar-refractivity contribution in [3.63, 3.8) is 0 Å². The Kier molecular flexibility index (Phi) is 2.66. The van der Waals surface area contributed by atoms with Gasteiger partial charge in [-0.1, -0.05) is 6.92 Å². The van der Waals surface area contributed by atoms with E-state index >= 15 is 0 Å². The van der Waals surface area contributed by atoms with E-state index in [4.69, 9.17) is 0 Å². The Morgan fingerprint density at radius 1 is 1.50 bits per heavy atom. The minimum atomic E-state index is 0.481. The zero-order chi connectivity index (χ0) is 9.97. The molecule has 0 amide bonds. The highest BCUT2D eigenvalue weighted by Crippen LogP contribution is 2.21. The fourth-order valence-corrected chi connectivity index (χ4v) is 2.21. The van der Waals surface area contributed by atoms with Crippen LogP contribution >= 0.6 is 0 Å². The van der Waals surface area contributed by atoms with Crippen LogP contribution in [0.15, 0.2) is 0 Å². The smallest absolute Gasteiger partial charge is 0.126 e. The van der Waals surface area contributed by atoms with Gasteiger partial charge in [-0.2, -0.15) is 0 Å². The third-order valence-corrected chi connectivity index (χ3v) is 2.87. The van der Waals surface area contributed by atoms with E-state index in [2.05, 4.69) is 16.5 Å². The Morgan fingerprint density at radius 2 is 2.36 bits per heavy atom. The lowest BCUT2D eigenvalue weighted by molar-refractivity contribution is -0.107. The van der Waals surface area contributed by atoms with Gasteiger partial charge < -0.3 is 9.36 Å². The third-order valence-electron chi connectivity index (χ3n) is 2.87. The van der Waals surface area contributed by atoms with Gasteiger partial charge in [-0.15, -0.1) is 0 Å². The summed E-state index contributed by atoms with van der Waals surface area (Å²) in [5.74, 6) is 1.15. The van der Waals surface area contributed by atoms with Crippen LogP contribution in [0, 0.1) is 0 Å². The summed E-state index contributed by atoms with van der Waals surface area (Å²) in [7, 11) is 0. The molecule has 0 atom stereocenters. The van der Waals surface area contributed by atoms with Crippen molar-refractivity contribution in [1.82, 2.24) is 9.55 Å². The second kappa shape index (κ2) is 3.95. The van der Waals surface area contributed by atoms with Crippen molar-refractivity contribution >= 4 is 6.29 Å². The van der Waals surface area contributed by atoms with Gasteiger partial charge >= 0.3 is 0 Å². The molecule has 0 radical (unpaired) electrons. The summed E-state index contributed by atoms with van der Waals surface area (Å²) >= 11 is 0. The number of hydrogen-bond donors (Lipinski definition) is 0. The molecular formula is C11H16N2O. The molecule has 0 N–H and O–H groups in total. The molecular weight excluding hydrogens is 176 g/mol. The largest absolute Gasteiger partial charge is 0.332 e. The van der Waals surface area contributed by atoms with E-state index in [0.29, 0.717) is 6.42 Å². The highest BCUT2D eigenvalue weighted by molar-refractivity contribution is 5.54. The molecule has 2 rings (SSSR count). The van der Waals surface area contributed by atoms with Crippen LogP contribution in [0.1, 0.15) is 37.0 Å². The summed E-state index contributed by atoms with van der Waals surface area (Å²) in [5, 5.41) is 0. The van der Waals surface area contributed by atoms with E-state index in [0.717, 1.165) is 37.2 Å². The SMILES string of the molecule is CCc1nc(CC=O)c2n1CCCC2. The predicted molar refractivity (Wildman–Crippen MR) is 54.3 cm³/mol. The molecule has 0 bridgehead atoms. The minimum absolute atomic E-state index is 0.481. The Labute approximate surface area is 84.1 Å². The monoisotopic (exact) mass is 192 g/mol. The zero-order valence-corrected chi connectivity index (χ0v) is 8.62. The number of rotatable bonds is 3. The highest BCUT2D eigenvalue weighted by Gasteiger charge is 2.18. The molecule has 0 spiro atoms. The topological polar surface area (TPSA) is 34.9 Å². The van der Waals surface area contributed by atoms with E-state index in [1.807, 2.05) is 0 Å². The first kappa shape index (κ1) is 9.44. The van der Waals surface area contributed by atoms with Gasteiger partial charge in [0.05, 0.1) is 5.69 Å². The Bertz CT molecular complexity index is 341. The fourth-order valence-electron chi connectivity index (χ4n) is 2.21. The Balaban J connectivity index is 2.41. The van der Waals surface area contributed by atoms with Crippen LogP contribution in [0.2, 0.25) is 0 Å². The number of carbonyl (C=O) groups excluding carboxylic acids is 1. The second-order valence-electron chi connectivity index (χ2n) is 3.75. The maximum Gasteiger partial charge on any atom is 0.126 e. The molecule has 0 saturated carbocycles. The highest BCUT2D eigenvalue weighted by atomic mass is 16.1. The van der Waals surface area contributed by atoms with Gasteiger partial charge in [0.15, 0.2) is 0 Å². The molecule has 0 saturated heterocycles. The van der Waals surface area contributed by atoms with Crippen LogP contribution in [0.4, 0.5) is 0 Å². The third kappa shape index (κ3) is 1.47. The summed E-state index contributed by atoms with van der Waals surface area (Å²) < 4.78 is 2.31. The summed E-state index contributed by atoms with van der Waals surface area (Å²) in [6.07, 6.45) is 5.98. The lowest BCUT2D eigenvalue weighted by Crippen LogP contribution is -2.13. The number of aryl methyl sites for hydroxylation is 1. The van der Waals surface area contributed by atoms with Gasteiger partial charge in [-0.05, 0) is 19.3 Å². The van der Waals surface area contributed by atoms with Gasteiger partial charge in [-0.25, -0.2) is 4.98 Å². The summed E-state index contributed by atoms with van der Waals surface area (Å²) in [6, 6.07) is 0. The predicted octanol–water partition coefficient (Wildman–Crippen LogP) is 1.52. The van der Waals surface area contributed by atoms with Crippen molar-refractivity contribution in [3.05, 3.63) is 17.2 Å². The van der Waals surface area contributed by atoms with Gasteiger partial charge in [0.2, 0.25) is 0 Å². The lowest BCUT2D eigenvalue weighted by atomic mass is 10.1. The van der Waals surface area contributed by atoms with Crippen molar-refractivity contribution in [2.45, 2.75) is 45.6 Å². The normalized spacial score (nSPS) is 15.2. The molecule has 1 aliphatic heterocycles. The van der Waals surface area contributed by atoms with Crippen LogP contribution in [0.3, 0.4) is 0 Å².